The summed E-state index contributed by atoms with van der Waals surface area (Å²) in [5.41, 5.74) is 2.39. The lowest BCUT2D eigenvalue weighted by Crippen LogP contribution is -2.03. The largest absolute Gasteiger partial charge is 0.497 e. The van der Waals surface area contributed by atoms with Gasteiger partial charge in [-0.1, -0.05) is 23.9 Å². The molecule has 0 radical (unpaired) electrons. The van der Waals surface area contributed by atoms with Crippen molar-refractivity contribution in [2.45, 2.75) is 10.9 Å². The number of aromatic nitrogens is 4. The van der Waals surface area contributed by atoms with Gasteiger partial charge in [0, 0.05) is 5.75 Å². The summed E-state index contributed by atoms with van der Waals surface area (Å²) in [4.78, 5) is 11.5. The number of tetrazole rings is 1. The molecule has 0 aliphatic heterocycles. The Morgan fingerprint density at radius 1 is 1.08 bits per heavy atom. The number of rotatable bonds is 6. The Kier molecular flexibility index (Phi) is 5.30. The van der Waals surface area contributed by atoms with Crippen LogP contribution in [-0.4, -0.2) is 40.4 Å². The van der Waals surface area contributed by atoms with E-state index in [1.807, 2.05) is 24.3 Å². The second-order valence-corrected chi connectivity index (χ2v) is 5.99. The highest BCUT2D eigenvalue weighted by Crippen LogP contribution is 2.23. The van der Waals surface area contributed by atoms with Crippen molar-refractivity contribution in [1.29, 1.82) is 0 Å². The molecular formula is C17H16N4O3S. The number of esters is 1. The summed E-state index contributed by atoms with van der Waals surface area (Å²) >= 11 is 1.52. The zero-order chi connectivity index (χ0) is 17.6. The fraction of sp³-hybridized carbons (Fsp3) is 0.176. The number of methoxy groups -OCH3 is 2. The van der Waals surface area contributed by atoms with Gasteiger partial charge in [-0.15, -0.1) is 5.10 Å². The molecule has 2 aromatic carbocycles. The van der Waals surface area contributed by atoms with Crippen LogP contribution in [0.25, 0.3) is 5.69 Å². The summed E-state index contributed by atoms with van der Waals surface area (Å²) < 4.78 is 11.5. The fourth-order valence-corrected chi connectivity index (χ4v) is 3.00. The fourth-order valence-electron chi connectivity index (χ4n) is 2.16. The second kappa shape index (κ2) is 7.80. The summed E-state index contributed by atoms with van der Waals surface area (Å²) in [6.45, 7) is 0. The zero-order valence-corrected chi connectivity index (χ0v) is 14.6. The van der Waals surface area contributed by atoms with E-state index in [0.29, 0.717) is 10.7 Å². The Morgan fingerprint density at radius 2 is 1.80 bits per heavy atom. The van der Waals surface area contributed by atoms with E-state index in [4.69, 9.17) is 9.47 Å². The highest BCUT2D eigenvalue weighted by molar-refractivity contribution is 7.98. The van der Waals surface area contributed by atoms with E-state index >= 15 is 0 Å². The molecule has 0 aliphatic rings. The first-order valence-electron chi connectivity index (χ1n) is 7.44. The van der Waals surface area contributed by atoms with Crippen molar-refractivity contribution in [2.75, 3.05) is 14.2 Å². The number of carbonyl (C=O) groups excluding carboxylic acids is 1. The predicted molar refractivity (Wildman–Crippen MR) is 93.0 cm³/mol. The molecule has 3 aromatic rings. The number of hydrogen-bond donors (Lipinski definition) is 0. The maximum Gasteiger partial charge on any atom is 0.337 e. The molecule has 0 spiro atoms. The molecule has 0 saturated carbocycles. The van der Waals surface area contributed by atoms with Crippen LogP contribution in [0.5, 0.6) is 5.75 Å². The summed E-state index contributed by atoms with van der Waals surface area (Å²) in [5.74, 6) is 1.17. The average molecular weight is 356 g/mol. The first kappa shape index (κ1) is 17.0. The Balaban J connectivity index is 1.72. The molecule has 0 atom stereocenters. The van der Waals surface area contributed by atoms with E-state index in [1.54, 1.807) is 36.1 Å². The molecule has 7 nitrogen and oxygen atoms in total. The molecule has 0 bridgehead atoms. The molecule has 0 saturated heterocycles. The summed E-state index contributed by atoms with van der Waals surface area (Å²) in [6, 6.07) is 14.8. The number of ether oxygens (including phenoxy) is 2. The minimum absolute atomic E-state index is 0.377. The van der Waals surface area contributed by atoms with E-state index in [9.17, 15) is 4.79 Å². The molecule has 1 aromatic heterocycles. The third-order valence-electron chi connectivity index (χ3n) is 3.50. The van der Waals surface area contributed by atoms with Crippen LogP contribution < -0.4 is 4.74 Å². The third kappa shape index (κ3) is 3.97. The quantitative estimate of drug-likeness (QED) is 0.496. The predicted octanol–water partition coefficient (Wildman–Crippen LogP) is 2.75. The van der Waals surface area contributed by atoms with Crippen molar-refractivity contribution < 1.29 is 14.3 Å². The van der Waals surface area contributed by atoms with Crippen molar-refractivity contribution in [3.8, 4) is 11.4 Å². The van der Waals surface area contributed by atoms with Gasteiger partial charge in [0.15, 0.2) is 0 Å². The Labute approximate surface area is 149 Å². The average Bonchev–Trinajstić information content (AvgIpc) is 3.15. The van der Waals surface area contributed by atoms with E-state index in [1.165, 1.54) is 18.9 Å². The van der Waals surface area contributed by atoms with Gasteiger partial charge < -0.3 is 9.47 Å². The van der Waals surface area contributed by atoms with E-state index < -0.39 is 0 Å². The van der Waals surface area contributed by atoms with Crippen LogP contribution in [0.2, 0.25) is 0 Å². The molecular weight excluding hydrogens is 340 g/mol. The smallest absolute Gasteiger partial charge is 0.337 e. The normalized spacial score (nSPS) is 10.5. The van der Waals surface area contributed by atoms with Crippen molar-refractivity contribution in [3.05, 3.63) is 59.7 Å². The molecule has 0 aliphatic carbocycles. The Bertz CT molecular complexity index is 847. The van der Waals surface area contributed by atoms with Crippen molar-refractivity contribution in [2.24, 2.45) is 0 Å². The molecule has 3 rings (SSSR count). The Hall–Kier alpha value is -2.87. The molecule has 25 heavy (non-hydrogen) atoms. The van der Waals surface area contributed by atoms with Gasteiger partial charge in [0.1, 0.15) is 5.75 Å². The van der Waals surface area contributed by atoms with Crippen LogP contribution in [0.15, 0.2) is 53.7 Å². The standard InChI is InChI=1S/C17H16N4O3S/c1-23-15-9-3-12(4-10-15)11-25-17-18-19-20-21(17)14-7-5-13(6-8-14)16(22)24-2/h3-10H,11H2,1-2H3. The van der Waals surface area contributed by atoms with E-state index in [-0.39, 0.29) is 5.97 Å². The van der Waals surface area contributed by atoms with Gasteiger partial charge in [-0.2, -0.15) is 4.68 Å². The van der Waals surface area contributed by atoms with E-state index in [0.717, 1.165) is 22.8 Å². The SMILES string of the molecule is COC(=O)c1ccc(-n2nnnc2SCc2ccc(OC)cc2)cc1. The molecule has 0 unspecified atom stereocenters. The number of hydrogen-bond acceptors (Lipinski definition) is 7. The monoisotopic (exact) mass is 356 g/mol. The van der Waals surface area contributed by atoms with Crippen LogP contribution in [-0.2, 0) is 10.5 Å². The second-order valence-electron chi connectivity index (χ2n) is 5.05. The molecule has 0 amide bonds. The van der Waals surface area contributed by atoms with E-state index in [2.05, 4.69) is 15.5 Å². The molecule has 8 heteroatoms. The van der Waals surface area contributed by atoms with Crippen LogP contribution in [0.1, 0.15) is 15.9 Å². The Morgan fingerprint density at radius 3 is 2.44 bits per heavy atom. The third-order valence-corrected chi connectivity index (χ3v) is 4.49. The van der Waals surface area contributed by atoms with Crippen LogP contribution in [0, 0.1) is 0 Å². The number of carbonyl (C=O) groups is 1. The highest BCUT2D eigenvalue weighted by atomic mass is 32.2. The number of nitrogens with zero attached hydrogens (tertiary/aromatic N) is 4. The van der Waals surface area contributed by atoms with Gasteiger partial charge in [0.25, 0.3) is 0 Å². The van der Waals surface area contributed by atoms with Crippen molar-refractivity contribution in [1.82, 2.24) is 20.2 Å². The summed E-state index contributed by atoms with van der Waals surface area (Å²) in [5, 5.41) is 12.5. The van der Waals surface area contributed by atoms with Crippen molar-refractivity contribution in [3.63, 3.8) is 0 Å². The maximum absolute atomic E-state index is 11.5. The molecule has 0 N–H and O–H groups in total. The van der Waals surface area contributed by atoms with Gasteiger partial charge in [-0.05, 0) is 52.4 Å². The number of thioether (sulfide) groups is 1. The van der Waals surface area contributed by atoms with Gasteiger partial charge in [-0.3, -0.25) is 0 Å². The lowest BCUT2D eigenvalue weighted by molar-refractivity contribution is 0.0600. The maximum atomic E-state index is 11.5. The lowest BCUT2D eigenvalue weighted by Gasteiger charge is -2.06. The van der Waals surface area contributed by atoms with Crippen LogP contribution in [0.4, 0.5) is 0 Å². The summed E-state index contributed by atoms with van der Waals surface area (Å²) in [7, 11) is 2.99. The van der Waals surface area contributed by atoms with Crippen LogP contribution >= 0.6 is 11.8 Å². The summed E-state index contributed by atoms with van der Waals surface area (Å²) in [6.07, 6.45) is 0. The zero-order valence-electron chi connectivity index (χ0n) is 13.7. The number of benzene rings is 2. The van der Waals surface area contributed by atoms with Crippen molar-refractivity contribution >= 4 is 17.7 Å². The van der Waals surface area contributed by atoms with Gasteiger partial charge in [-0.25, -0.2) is 4.79 Å². The van der Waals surface area contributed by atoms with Gasteiger partial charge in [0.05, 0.1) is 25.5 Å². The molecule has 128 valence electrons. The first-order chi connectivity index (χ1) is 12.2. The van der Waals surface area contributed by atoms with Gasteiger partial charge >= 0.3 is 5.97 Å². The molecule has 1 heterocycles. The topological polar surface area (TPSA) is 79.1 Å². The lowest BCUT2D eigenvalue weighted by atomic mass is 10.2. The van der Waals surface area contributed by atoms with Gasteiger partial charge in [0.2, 0.25) is 5.16 Å². The highest BCUT2D eigenvalue weighted by Gasteiger charge is 2.11. The minimum Gasteiger partial charge on any atom is -0.497 e. The van der Waals surface area contributed by atoms with Crippen LogP contribution in [0.3, 0.4) is 0 Å². The first-order valence-corrected chi connectivity index (χ1v) is 8.42. The molecule has 0 fully saturated rings. The minimum atomic E-state index is -0.377.